The molecule has 0 aliphatic carbocycles. The van der Waals surface area contributed by atoms with Crippen LogP contribution in [0.2, 0.25) is 5.02 Å². The van der Waals surface area contributed by atoms with Gasteiger partial charge in [0, 0.05) is 42.6 Å². The molecule has 1 heterocycles. The number of hydrogen-bond donors (Lipinski definition) is 3. The molecular formula is C18H19ClN4O3. The Bertz CT molecular complexity index is 796. The van der Waals surface area contributed by atoms with Crippen molar-refractivity contribution >= 4 is 35.0 Å². The van der Waals surface area contributed by atoms with Gasteiger partial charge in [-0.25, -0.2) is 0 Å². The highest BCUT2D eigenvalue weighted by Gasteiger charge is 2.15. The van der Waals surface area contributed by atoms with E-state index in [2.05, 4.69) is 20.9 Å². The van der Waals surface area contributed by atoms with E-state index in [1.165, 1.54) is 0 Å². The van der Waals surface area contributed by atoms with Crippen molar-refractivity contribution in [2.75, 3.05) is 11.9 Å². The SMILES string of the molecule is Cc1ccc(Cl)cc1NC(=O)C(=O)NCCC(=O)NCc1ccncc1. The van der Waals surface area contributed by atoms with Crippen LogP contribution in [-0.2, 0) is 20.9 Å². The Labute approximate surface area is 156 Å². The van der Waals surface area contributed by atoms with Crippen molar-refractivity contribution in [1.29, 1.82) is 0 Å². The number of carbonyl (C=O) groups is 3. The van der Waals surface area contributed by atoms with E-state index >= 15 is 0 Å². The first-order valence-corrected chi connectivity index (χ1v) is 8.34. The molecule has 0 aliphatic heterocycles. The predicted octanol–water partition coefficient (Wildman–Crippen LogP) is 1.80. The normalized spacial score (nSPS) is 10.1. The lowest BCUT2D eigenvalue weighted by Gasteiger charge is -2.09. The van der Waals surface area contributed by atoms with Crippen LogP contribution >= 0.6 is 11.6 Å². The van der Waals surface area contributed by atoms with Crippen LogP contribution in [0.5, 0.6) is 0 Å². The number of carbonyl (C=O) groups excluding carboxylic acids is 3. The third-order valence-corrected chi connectivity index (χ3v) is 3.77. The van der Waals surface area contributed by atoms with Gasteiger partial charge in [0.1, 0.15) is 0 Å². The molecule has 0 fully saturated rings. The first-order valence-electron chi connectivity index (χ1n) is 7.96. The van der Waals surface area contributed by atoms with Crippen LogP contribution < -0.4 is 16.0 Å². The summed E-state index contributed by atoms with van der Waals surface area (Å²) >= 11 is 5.87. The lowest BCUT2D eigenvalue weighted by molar-refractivity contribution is -0.136. The number of aryl methyl sites for hydroxylation is 1. The number of benzene rings is 1. The highest BCUT2D eigenvalue weighted by molar-refractivity contribution is 6.40. The monoisotopic (exact) mass is 374 g/mol. The molecule has 2 aromatic rings. The minimum Gasteiger partial charge on any atom is -0.352 e. The molecule has 136 valence electrons. The minimum atomic E-state index is -0.814. The number of nitrogens with zero attached hydrogens (tertiary/aromatic N) is 1. The highest BCUT2D eigenvalue weighted by atomic mass is 35.5. The fourth-order valence-electron chi connectivity index (χ4n) is 2.07. The first-order chi connectivity index (χ1) is 12.5. The van der Waals surface area contributed by atoms with Crippen molar-refractivity contribution in [3.63, 3.8) is 0 Å². The highest BCUT2D eigenvalue weighted by Crippen LogP contribution is 2.19. The van der Waals surface area contributed by atoms with E-state index in [4.69, 9.17) is 11.6 Å². The van der Waals surface area contributed by atoms with Crippen LogP contribution in [-0.4, -0.2) is 29.3 Å². The van der Waals surface area contributed by atoms with Gasteiger partial charge in [0.15, 0.2) is 0 Å². The summed E-state index contributed by atoms with van der Waals surface area (Å²) in [6.07, 6.45) is 3.35. The molecule has 8 heteroatoms. The van der Waals surface area contributed by atoms with Gasteiger partial charge < -0.3 is 16.0 Å². The second-order valence-corrected chi connectivity index (χ2v) is 5.99. The Morgan fingerprint density at radius 2 is 1.77 bits per heavy atom. The van der Waals surface area contributed by atoms with Crippen LogP contribution in [0.25, 0.3) is 0 Å². The number of aromatic nitrogens is 1. The average molecular weight is 375 g/mol. The van der Waals surface area contributed by atoms with Crippen molar-refractivity contribution < 1.29 is 14.4 Å². The van der Waals surface area contributed by atoms with Crippen LogP contribution in [0.3, 0.4) is 0 Å². The van der Waals surface area contributed by atoms with Gasteiger partial charge in [-0.3, -0.25) is 19.4 Å². The Kier molecular flexibility index (Phi) is 7.11. The van der Waals surface area contributed by atoms with E-state index in [0.29, 0.717) is 17.3 Å². The number of anilines is 1. The van der Waals surface area contributed by atoms with E-state index in [1.807, 2.05) is 0 Å². The summed E-state index contributed by atoms with van der Waals surface area (Å²) in [6, 6.07) is 8.59. The van der Waals surface area contributed by atoms with Gasteiger partial charge in [0.25, 0.3) is 0 Å². The Balaban J connectivity index is 1.71. The second-order valence-electron chi connectivity index (χ2n) is 5.55. The number of nitrogens with one attached hydrogen (secondary N) is 3. The molecule has 0 bridgehead atoms. The summed E-state index contributed by atoms with van der Waals surface area (Å²) in [5.41, 5.74) is 2.17. The molecule has 26 heavy (non-hydrogen) atoms. The molecule has 0 saturated carbocycles. The number of pyridine rings is 1. The Morgan fingerprint density at radius 3 is 2.50 bits per heavy atom. The molecule has 0 atom stereocenters. The van der Waals surface area contributed by atoms with Crippen LogP contribution in [0.4, 0.5) is 5.69 Å². The Hall–Kier alpha value is -2.93. The maximum Gasteiger partial charge on any atom is 0.313 e. The van der Waals surface area contributed by atoms with Crippen molar-refractivity contribution in [3.05, 3.63) is 58.9 Å². The fraction of sp³-hybridized carbons (Fsp3) is 0.222. The number of rotatable bonds is 6. The van der Waals surface area contributed by atoms with Gasteiger partial charge in [-0.15, -0.1) is 0 Å². The molecule has 3 N–H and O–H groups in total. The summed E-state index contributed by atoms with van der Waals surface area (Å²) in [7, 11) is 0. The number of amides is 3. The largest absolute Gasteiger partial charge is 0.352 e. The van der Waals surface area contributed by atoms with Gasteiger partial charge in [-0.2, -0.15) is 0 Å². The quantitative estimate of drug-likeness (QED) is 0.671. The summed E-state index contributed by atoms with van der Waals surface area (Å²) in [4.78, 5) is 39.3. The molecule has 0 aliphatic rings. The maximum absolute atomic E-state index is 11.9. The summed E-state index contributed by atoms with van der Waals surface area (Å²) in [5, 5.41) is 8.08. The summed E-state index contributed by atoms with van der Waals surface area (Å²) in [6.45, 7) is 2.23. The molecule has 0 radical (unpaired) electrons. The van der Waals surface area contributed by atoms with Gasteiger partial charge in [0.05, 0.1) is 0 Å². The second kappa shape index (κ2) is 9.53. The van der Waals surface area contributed by atoms with E-state index in [9.17, 15) is 14.4 Å². The smallest absolute Gasteiger partial charge is 0.313 e. The number of hydrogen-bond acceptors (Lipinski definition) is 4. The summed E-state index contributed by atoms with van der Waals surface area (Å²) in [5.74, 6) is -1.85. The third kappa shape index (κ3) is 6.18. The maximum atomic E-state index is 11.9. The molecular weight excluding hydrogens is 356 g/mol. The van der Waals surface area contributed by atoms with Crippen molar-refractivity contribution in [2.45, 2.75) is 19.9 Å². The van der Waals surface area contributed by atoms with Crippen LogP contribution in [0.1, 0.15) is 17.5 Å². The molecule has 0 saturated heterocycles. The van der Waals surface area contributed by atoms with Gasteiger partial charge >= 0.3 is 11.8 Å². The number of halogens is 1. The Morgan fingerprint density at radius 1 is 1.04 bits per heavy atom. The molecule has 7 nitrogen and oxygen atoms in total. The minimum absolute atomic E-state index is 0.0585. The lowest BCUT2D eigenvalue weighted by Crippen LogP contribution is -2.37. The van der Waals surface area contributed by atoms with Gasteiger partial charge in [-0.1, -0.05) is 17.7 Å². The topological polar surface area (TPSA) is 100 Å². The van der Waals surface area contributed by atoms with E-state index in [0.717, 1.165) is 11.1 Å². The zero-order valence-electron chi connectivity index (χ0n) is 14.2. The van der Waals surface area contributed by atoms with Gasteiger partial charge in [0.2, 0.25) is 5.91 Å². The van der Waals surface area contributed by atoms with E-state index in [-0.39, 0.29) is 18.9 Å². The van der Waals surface area contributed by atoms with Crippen molar-refractivity contribution in [3.8, 4) is 0 Å². The molecule has 0 unspecified atom stereocenters. The predicted molar refractivity (Wildman–Crippen MR) is 98.5 cm³/mol. The molecule has 2 rings (SSSR count). The van der Waals surface area contributed by atoms with Crippen molar-refractivity contribution in [2.24, 2.45) is 0 Å². The van der Waals surface area contributed by atoms with Crippen LogP contribution in [0, 0.1) is 6.92 Å². The first kappa shape index (κ1) is 19.4. The van der Waals surface area contributed by atoms with Crippen LogP contribution in [0.15, 0.2) is 42.7 Å². The van der Waals surface area contributed by atoms with Crippen molar-refractivity contribution in [1.82, 2.24) is 15.6 Å². The zero-order valence-corrected chi connectivity index (χ0v) is 15.0. The molecule has 1 aromatic heterocycles. The molecule has 0 spiro atoms. The van der Waals surface area contributed by atoms with E-state index in [1.54, 1.807) is 49.6 Å². The third-order valence-electron chi connectivity index (χ3n) is 3.53. The molecule has 1 aromatic carbocycles. The zero-order chi connectivity index (χ0) is 18.9. The lowest BCUT2D eigenvalue weighted by atomic mass is 10.2. The average Bonchev–Trinajstić information content (AvgIpc) is 2.63. The van der Waals surface area contributed by atoms with E-state index < -0.39 is 11.8 Å². The standard InChI is InChI=1S/C18H19ClN4O3/c1-12-2-3-14(19)10-15(12)23-18(26)17(25)21-9-6-16(24)22-11-13-4-7-20-8-5-13/h2-5,7-8,10H,6,9,11H2,1H3,(H,21,25)(H,22,24)(H,23,26). The van der Waals surface area contributed by atoms with Gasteiger partial charge in [-0.05, 0) is 42.3 Å². The summed E-state index contributed by atoms with van der Waals surface area (Å²) < 4.78 is 0. The fourth-order valence-corrected chi connectivity index (χ4v) is 2.24. The molecule has 3 amide bonds.